The van der Waals surface area contributed by atoms with Crippen LogP contribution in [0.1, 0.15) is 44.7 Å². The molecule has 2 aromatic carbocycles. The van der Waals surface area contributed by atoms with E-state index in [1.807, 2.05) is 48.5 Å². The summed E-state index contributed by atoms with van der Waals surface area (Å²) in [7, 11) is 6.72. The van der Waals surface area contributed by atoms with Crippen molar-refractivity contribution in [3.63, 3.8) is 0 Å². The number of hydrogen-bond acceptors (Lipinski definition) is 7. The fourth-order valence-electron chi connectivity index (χ4n) is 4.59. The molecule has 4 unspecified atom stereocenters. The number of anilines is 2. The van der Waals surface area contributed by atoms with Crippen LogP contribution in [0.2, 0.25) is 0 Å². The van der Waals surface area contributed by atoms with Crippen molar-refractivity contribution < 1.29 is 28.8 Å². The van der Waals surface area contributed by atoms with Crippen LogP contribution in [0.5, 0.6) is 0 Å². The van der Waals surface area contributed by atoms with Gasteiger partial charge in [0.15, 0.2) is 0 Å². The summed E-state index contributed by atoms with van der Waals surface area (Å²) in [6.07, 6.45) is 1.51. The van der Waals surface area contributed by atoms with E-state index in [-0.39, 0.29) is 24.4 Å². The van der Waals surface area contributed by atoms with Gasteiger partial charge in [0.25, 0.3) is 0 Å². The number of carboxylic acid groups (broad SMARTS) is 1. The number of methoxy groups -OCH3 is 4. The first-order chi connectivity index (χ1) is 17.8. The number of rotatable bonds is 17. The molecule has 0 aliphatic heterocycles. The Morgan fingerprint density at radius 1 is 0.703 bits per heavy atom. The van der Waals surface area contributed by atoms with E-state index in [4.69, 9.17) is 18.9 Å². The monoisotopic (exact) mass is 516 g/mol. The molecule has 0 radical (unpaired) electrons. The molecule has 4 atom stereocenters. The highest BCUT2D eigenvalue weighted by atomic mass is 16.5. The van der Waals surface area contributed by atoms with Gasteiger partial charge in [-0.1, -0.05) is 38.1 Å². The van der Waals surface area contributed by atoms with Gasteiger partial charge in [-0.05, 0) is 55.2 Å². The van der Waals surface area contributed by atoms with Crippen molar-refractivity contribution in [2.75, 3.05) is 52.2 Å². The van der Waals surface area contributed by atoms with Gasteiger partial charge in [0.05, 0.1) is 12.2 Å². The molecular formula is C29H44N2O6. The van der Waals surface area contributed by atoms with Crippen molar-refractivity contribution in [3.05, 3.63) is 59.7 Å². The normalized spacial score (nSPS) is 16.3. The maximum absolute atomic E-state index is 12.5. The highest BCUT2D eigenvalue weighted by Gasteiger charge is 2.37. The van der Waals surface area contributed by atoms with Gasteiger partial charge in [0.1, 0.15) is 17.6 Å². The van der Waals surface area contributed by atoms with Crippen molar-refractivity contribution in [3.8, 4) is 0 Å². The van der Waals surface area contributed by atoms with Crippen LogP contribution in [0.4, 0.5) is 11.4 Å². The third kappa shape index (κ3) is 7.68. The van der Waals surface area contributed by atoms with E-state index >= 15 is 0 Å². The van der Waals surface area contributed by atoms with E-state index in [1.54, 1.807) is 35.4 Å². The lowest BCUT2D eigenvalue weighted by molar-refractivity contribution is -0.141. The van der Waals surface area contributed by atoms with Crippen LogP contribution in [0.15, 0.2) is 48.5 Å². The molecule has 8 heteroatoms. The van der Waals surface area contributed by atoms with Crippen molar-refractivity contribution in [2.24, 2.45) is 0 Å². The summed E-state index contributed by atoms with van der Waals surface area (Å²) < 4.78 is 22.1. The van der Waals surface area contributed by atoms with Gasteiger partial charge in [-0.25, -0.2) is 0 Å². The molecule has 2 rings (SSSR count). The Morgan fingerprint density at radius 2 is 1.03 bits per heavy atom. The fourth-order valence-corrected chi connectivity index (χ4v) is 4.59. The number of nitrogens with one attached hydrogen (secondary N) is 2. The second-order valence-electron chi connectivity index (χ2n) is 9.26. The zero-order valence-corrected chi connectivity index (χ0v) is 23.2. The zero-order valence-electron chi connectivity index (χ0n) is 23.2. The Labute approximate surface area is 221 Å². The van der Waals surface area contributed by atoms with Crippen molar-refractivity contribution in [1.82, 2.24) is 0 Å². The molecule has 0 amide bonds. The van der Waals surface area contributed by atoms with Gasteiger partial charge in [-0.15, -0.1) is 0 Å². The van der Waals surface area contributed by atoms with Gasteiger partial charge < -0.3 is 34.7 Å². The van der Waals surface area contributed by atoms with Gasteiger partial charge in [0, 0.05) is 52.9 Å². The second kappa shape index (κ2) is 14.9. The maximum atomic E-state index is 12.5. The molecule has 0 spiro atoms. The molecule has 0 bridgehead atoms. The molecule has 0 aliphatic rings. The molecular weight excluding hydrogens is 472 g/mol. The van der Waals surface area contributed by atoms with Crippen LogP contribution in [0, 0.1) is 0 Å². The highest BCUT2D eigenvalue weighted by molar-refractivity contribution is 5.85. The SMILES string of the molecule is CCC(OC)C(CNc1ccc(C(C)(C(=O)O)c2ccc(NCC(OC)C(CC)OC)cc2)cc1)OC. The highest BCUT2D eigenvalue weighted by Crippen LogP contribution is 2.34. The van der Waals surface area contributed by atoms with E-state index in [0.29, 0.717) is 24.2 Å². The van der Waals surface area contributed by atoms with Crippen LogP contribution in [0.3, 0.4) is 0 Å². The molecule has 37 heavy (non-hydrogen) atoms. The van der Waals surface area contributed by atoms with Gasteiger partial charge >= 0.3 is 5.97 Å². The predicted octanol–water partition coefficient (Wildman–Crippen LogP) is 4.78. The van der Waals surface area contributed by atoms with Crippen molar-refractivity contribution >= 4 is 17.3 Å². The minimum absolute atomic E-state index is 0.00188. The first kappa shape index (κ1) is 30.6. The van der Waals surface area contributed by atoms with Crippen LogP contribution >= 0.6 is 0 Å². The number of carbonyl (C=O) groups is 1. The lowest BCUT2D eigenvalue weighted by Gasteiger charge is -2.27. The smallest absolute Gasteiger partial charge is 0.318 e. The Balaban J connectivity index is 2.14. The van der Waals surface area contributed by atoms with Gasteiger partial charge in [0.2, 0.25) is 0 Å². The first-order valence-electron chi connectivity index (χ1n) is 12.8. The van der Waals surface area contributed by atoms with E-state index in [2.05, 4.69) is 24.5 Å². The van der Waals surface area contributed by atoms with Gasteiger partial charge in [-0.3, -0.25) is 4.79 Å². The number of benzene rings is 2. The number of aliphatic carboxylic acids is 1. The number of ether oxygens (including phenoxy) is 4. The van der Waals surface area contributed by atoms with Crippen LogP contribution in [-0.2, 0) is 29.2 Å². The van der Waals surface area contributed by atoms with Crippen molar-refractivity contribution in [2.45, 2.75) is 63.4 Å². The average molecular weight is 517 g/mol. The molecule has 3 N–H and O–H groups in total. The van der Waals surface area contributed by atoms with Crippen molar-refractivity contribution in [1.29, 1.82) is 0 Å². The topological polar surface area (TPSA) is 98.3 Å². The molecule has 0 saturated heterocycles. The maximum Gasteiger partial charge on any atom is 0.318 e. The summed E-state index contributed by atoms with van der Waals surface area (Å²) in [5.41, 5.74) is 1.97. The molecule has 0 aliphatic carbocycles. The van der Waals surface area contributed by atoms with E-state index in [0.717, 1.165) is 24.2 Å². The Hall–Kier alpha value is -2.65. The molecule has 206 valence electrons. The van der Waals surface area contributed by atoms with E-state index in [9.17, 15) is 9.90 Å². The second-order valence-corrected chi connectivity index (χ2v) is 9.26. The average Bonchev–Trinajstić information content (AvgIpc) is 2.93. The summed E-state index contributed by atoms with van der Waals surface area (Å²) >= 11 is 0. The standard InChI is InChI=1S/C29H44N2O6/c1-8-24(34-4)26(36-6)18-30-22-14-10-20(11-15-22)29(3,28(32)33)21-12-16-23(17-13-21)31-19-27(37-7)25(9-2)35-5/h10-17,24-27,30-31H,8-9,18-19H2,1-7H3,(H,32,33). The Morgan fingerprint density at radius 3 is 1.27 bits per heavy atom. The third-order valence-corrected chi connectivity index (χ3v) is 7.21. The lowest BCUT2D eigenvalue weighted by atomic mass is 9.76. The number of carboxylic acids is 1. The quantitative estimate of drug-likeness (QED) is 0.276. The lowest BCUT2D eigenvalue weighted by Crippen LogP contribution is -2.36. The summed E-state index contributed by atoms with van der Waals surface area (Å²) in [6.45, 7) is 7.02. The zero-order chi connectivity index (χ0) is 27.4. The molecule has 0 saturated carbocycles. The Kier molecular flexibility index (Phi) is 12.3. The molecule has 0 fully saturated rings. The summed E-state index contributed by atoms with van der Waals surface area (Å²) in [5.74, 6) is -0.912. The van der Waals surface area contributed by atoms with E-state index < -0.39 is 11.4 Å². The first-order valence-corrected chi connectivity index (χ1v) is 12.8. The number of hydrogen-bond donors (Lipinski definition) is 3. The van der Waals surface area contributed by atoms with Crippen LogP contribution in [0.25, 0.3) is 0 Å². The van der Waals surface area contributed by atoms with Crippen LogP contribution < -0.4 is 10.6 Å². The molecule has 2 aromatic rings. The third-order valence-electron chi connectivity index (χ3n) is 7.21. The molecule has 8 nitrogen and oxygen atoms in total. The minimum atomic E-state index is -1.20. The summed E-state index contributed by atoms with van der Waals surface area (Å²) in [4.78, 5) is 12.5. The minimum Gasteiger partial charge on any atom is -0.480 e. The van der Waals surface area contributed by atoms with E-state index in [1.165, 1.54) is 0 Å². The van der Waals surface area contributed by atoms with Gasteiger partial charge in [-0.2, -0.15) is 0 Å². The predicted molar refractivity (Wildman–Crippen MR) is 148 cm³/mol. The fraction of sp³-hybridized carbons (Fsp3) is 0.552. The molecule has 0 heterocycles. The Bertz CT molecular complexity index is 859. The largest absolute Gasteiger partial charge is 0.480 e. The summed E-state index contributed by atoms with van der Waals surface area (Å²) in [5, 5.41) is 17.0. The summed E-state index contributed by atoms with van der Waals surface area (Å²) in [6, 6.07) is 15.0. The van der Waals surface area contributed by atoms with Crippen LogP contribution in [-0.4, -0.2) is 77.0 Å². The molecule has 0 aromatic heterocycles.